The summed E-state index contributed by atoms with van der Waals surface area (Å²) in [6, 6.07) is 3.81. The van der Waals surface area contributed by atoms with Crippen LogP contribution in [-0.2, 0) is 20.8 Å². The summed E-state index contributed by atoms with van der Waals surface area (Å²) < 4.78 is 5.10. The van der Waals surface area contributed by atoms with E-state index in [4.69, 9.17) is 9.86 Å². The van der Waals surface area contributed by atoms with Crippen LogP contribution in [0.2, 0.25) is 5.82 Å². The summed E-state index contributed by atoms with van der Waals surface area (Å²) >= 11 is 1.53. The molecule has 8 heteroatoms. The number of carbonyl (C=O) groups excluding carboxylic acids is 1. The number of ketones is 1. The number of Topliss-reactive ketones (excluding diaryl/α,β-unsaturated/α-hetero) is 1. The molecule has 1 saturated heterocycles. The van der Waals surface area contributed by atoms with Gasteiger partial charge in [-0.15, -0.1) is 11.3 Å². The van der Waals surface area contributed by atoms with E-state index in [1.165, 1.54) is 16.4 Å². The van der Waals surface area contributed by atoms with Crippen LogP contribution in [0.1, 0.15) is 17.7 Å². The van der Waals surface area contributed by atoms with Crippen LogP contribution in [-0.4, -0.2) is 47.2 Å². The highest BCUT2D eigenvalue weighted by Gasteiger charge is 2.36. The lowest BCUT2D eigenvalue weighted by Gasteiger charge is -2.31. The molecule has 0 aromatic carbocycles. The van der Waals surface area contributed by atoms with E-state index in [0.29, 0.717) is 19.4 Å². The van der Waals surface area contributed by atoms with Crippen LogP contribution in [0.4, 0.5) is 0 Å². The third kappa shape index (κ3) is 4.41. The largest absolute Gasteiger partial charge is 0.480 e. The van der Waals surface area contributed by atoms with Crippen molar-refractivity contribution in [3.63, 3.8) is 0 Å². The molecule has 1 aliphatic heterocycles. The van der Waals surface area contributed by atoms with Crippen LogP contribution < -0.4 is 0 Å². The first-order valence-corrected chi connectivity index (χ1v) is 7.28. The molecule has 1 aromatic rings. The summed E-state index contributed by atoms with van der Waals surface area (Å²) in [5, 5.41) is 21.6. The van der Waals surface area contributed by atoms with Gasteiger partial charge < -0.3 is 14.9 Å². The Kier molecular flexibility index (Phi) is 5.30. The average Bonchev–Trinajstić information content (AvgIpc) is 2.84. The molecule has 2 N–H and O–H groups in total. The Morgan fingerprint density at radius 1 is 1.55 bits per heavy atom. The molecule has 20 heavy (non-hydrogen) atoms. The van der Waals surface area contributed by atoms with E-state index in [1.54, 1.807) is 0 Å². The summed E-state index contributed by atoms with van der Waals surface area (Å²) in [5.74, 6) is -1.22. The Hall–Kier alpha value is -1.22. The Balaban J connectivity index is 1.79. The van der Waals surface area contributed by atoms with Gasteiger partial charge in [0.25, 0.3) is 0 Å². The predicted molar refractivity (Wildman–Crippen MR) is 74.3 cm³/mol. The third-order valence-electron chi connectivity index (χ3n) is 3.16. The van der Waals surface area contributed by atoms with Gasteiger partial charge in [-0.2, -0.15) is 5.06 Å². The van der Waals surface area contributed by atoms with Gasteiger partial charge in [0.1, 0.15) is 12.3 Å². The van der Waals surface area contributed by atoms with Gasteiger partial charge in [0.2, 0.25) is 0 Å². The monoisotopic (exact) mass is 297 g/mol. The second-order valence-corrected chi connectivity index (χ2v) is 5.83. The molecule has 0 saturated carbocycles. The zero-order chi connectivity index (χ0) is 14.5. The van der Waals surface area contributed by atoms with E-state index in [1.807, 2.05) is 17.5 Å². The van der Waals surface area contributed by atoms with E-state index in [0.717, 1.165) is 4.88 Å². The van der Waals surface area contributed by atoms with Gasteiger partial charge in [-0.25, -0.2) is 0 Å². The Bertz CT molecular complexity index is 466. The number of hydroxylamine groups is 2. The van der Waals surface area contributed by atoms with Crippen molar-refractivity contribution in [2.24, 2.45) is 0 Å². The van der Waals surface area contributed by atoms with Crippen LogP contribution in [0.25, 0.3) is 0 Å². The summed E-state index contributed by atoms with van der Waals surface area (Å²) in [7, 11) is -1.12. The summed E-state index contributed by atoms with van der Waals surface area (Å²) in [6.07, 6.45) is 1.17. The molecule has 0 amide bonds. The molecule has 0 unspecified atom stereocenters. The lowest BCUT2D eigenvalue weighted by Crippen LogP contribution is -2.45. The molecule has 2 rings (SSSR count). The van der Waals surface area contributed by atoms with Gasteiger partial charge in [-0.3, -0.25) is 9.59 Å². The second kappa shape index (κ2) is 6.98. The first-order valence-electron chi connectivity index (χ1n) is 6.40. The second-order valence-electron chi connectivity index (χ2n) is 4.80. The number of thiophene rings is 1. The van der Waals surface area contributed by atoms with E-state index in [2.05, 4.69) is 0 Å². The van der Waals surface area contributed by atoms with Crippen LogP contribution in [0.5, 0.6) is 0 Å². The Labute approximate surface area is 121 Å². The third-order valence-corrected chi connectivity index (χ3v) is 4.04. The van der Waals surface area contributed by atoms with Crippen LogP contribution in [0, 0.1) is 0 Å². The molecule has 0 spiro atoms. The molecule has 1 aliphatic rings. The normalized spacial score (nSPS) is 20.1. The zero-order valence-electron chi connectivity index (χ0n) is 10.9. The maximum absolute atomic E-state index is 11.9. The molecule has 1 aromatic heterocycles. The van der Waals surface area contributed by atoms with Gasteiger partial charge in [-0.1, -0.05) is 6.07 Å². The summed E-state index contributed by atoms with van der Waals surface area (Å²) in [6.45, 7) is 0.132. The van der Waals surface area contributed by atoms with Gasteiger partial charge in [-0.05, 0) is 17.9 Å². The van der Waals surface area contributed by atoms with Crippen molar-refractivity contribution in [3.05, 3.63) is 22.4 Å². The van der Waals surface area contributed by atoms with E-state index in [-0.39, 0.29) is 24.6 Å². The number of rotatable bonds is 6. The van der Waals surface area contributed by atoms with Crippen molar-refractivity contribution in [2.45, 2.75) is 25.1 Å². The number of hydrogen-bond donors (Lipinski definition) is 2. The van der Waals surface area contributed by atoms with Crippen LogP contribution >= 0.6 is 11.3 Å². The first kappa shape index (κ1) is 15.2. The number of carboxylic acids is 1. The van der Waals surface area contributed by atoms with Crippen LogP contribution in [0.3, 0.4) is 0 Å². The minimum Gasteiger partial charge on any atom is -0.480 e. The van der Waals surface area contributed by atoms with Crippen molar-refractivity contribution < 1.29 is 24.5 Å². The van der Waals surface area contributed by atoms with Gasteiger partial charge in [0, 0.05) is 30.1 Å². The van der Waals surface area contributed by atoms with E-state index >= 15 is 0 Å². The average molecular weight is 297 g/mol. The molecule has 6 nitrogen and oxygen atoms in total. The Morgan fingerprint density at radius 2 is 2.35 bits per heavy atom. The lowest BCUT2D eigenvalue weighted by molar-refractivity contribution is -0.153. The Morgan fingerprint density at radius 3 is 2.95 bits per heavy atom. The summed E-state index contributed by atoms with van der Waals surface area (Å²) in [4.78, 5) is 23.5. The predicted octanol–water partition coefficient (Wildman–Crippen LogP) is 0.822. The van der Waals surface area contributed by atoms with Crippen molar-refractivity contribution in [2.75, 3.05) is 13.1 Å². The van der Waals surface area contributed by atoms with Crippen molar-refractivity contribution in [1.82, 2.24) is 5.06 Å². The van der Waals surface area contributed by atoms with E-state index in [9.17, 15) is 14.6 Å². The molecule has 0 bridgehead atoms. The van der Waals surface area contributed by atoms with Gasteiger partial charge in [0.05, 0.1) is 0 Å². The molecular formula is C12H16BNO5S. The van der Waals surface area contributed by atoms with Crippen molar-refractivity contribution in [3.8, 4) is 0 Å². The fraction of sp³-hybridized carbons (Fsp3) is 0.500. The van der Waals surface area contributed by atoms with Crippen LogP contribution in [0.15, 0.2) is 17.5 Å². The quantitative estimate of drug-likeness (QED) is 0.756. The fourth-order valence-electron chi connectivity index (χ4n) is 2.19. The van der Waals surface area contributed by atoms with Crippen molar-refractivity contribution in [1.29, 1.82) is 0 Å². The van der Waals surface area contributed by atoms with E-state index < -0.39 is 13.1 Å². The molecular weight excluding hydrogens is 281 g/mol. The number of nitrogens with zero attached hydrogens (tertiary/aromatic N) is 1. The topological polar surface area (TPSA) is 87.1 Å². The molecule has 0 aliphatic carbocycles. The van der Waals surface area contributed by atoms with Gasteiger partial charge >= 0.3 is 13.1 Å². The first-order chi connectivity index (χ1) is 9.54. The maximum Gasteiger partial charge on any atom is 0.476 e. The SMILES string of the molecule is O=C(O)CN1CC[C@H](CC(=O)Cc2cccs2)B(O)O1. The molecule has 1 atom stereocenters. The molecule has 2 heterocycles. The molecule has 108 valence electrons. The highest BCUT2D eigenvalue weighted by atomic mass is 32.1. The number of carbonyl (C=O) groups is 2. The number of carboxylic acid groups (broad SMARTS) is 1. The number of aliphatic carboxylic acids is 1. The minimum absolute atomic E-state index is 0.0618. The fourth-order valence-corrected chi connectivity index (χ4v) is 2.92. The smallest absolute Gasteiger partial charge is 0.476 e. The highest BCUT2D eigenvalue weighted by molar-refractivity contribution is 7.10. The number of hydrogen-bond acceptors (Lipinski definition) is 6. The molecule has 0 radical (unpaired) electrons. The summed E-state index contributed by atoms with van der Waals surface area (Å²) in [5.41, 5.74) is 0. The van der Waals surface area contributed by atoms with Gasteiger partial charge in [0.15, 0.2) is 0 Å². The lowest BCUT2D eigenvalue weighted by atomic mass is 9.67. The van der Waals surface area contributed by atoms with Crippen molar-refractivity contribution >= 4 is 30.2 Å². The molecule has 1 fully saturated rings. The maximum atomic E-state index is 11.9. The minimum atomic E-state index is -1.12. The zero-order valence-corrected chi connectivity index (χ0v) is 11.7. The highest BCUT2D eigenvalue weighted by Crippen LogP contribution is 2.26. The standard InChI is InChI=1S/C12H16BNO5S/c15-10(7-11-2-1-5-20-11)6-9-3-4-14(8-12(16)17)19-13(9)18/h1-2,5,9,18H,3-4,6-8H2,(H,16,17)/t9-/m1/s1.